The molecule has 8 nitrogen and oxygen atoms in total. The fourth-order valence-electron chi connectivity index (χ4n) is 2.10. The average Bonchev–Trinajstić information content (AvgIpc) is 2.57. The highest BCUT2D eigenvalue weighted by atomic mass is 35.5. The van der Waals surface area contributed by atoms with Crippen LogP contribution in [0.2, 0.25) is 10.0 Å². The minimum atomic E-state index is -4.40. The van der Waals surface area contributed by atoms with Gasteiger partial charge < -0.3 is 0 Å². The van der Waals surface area contributed by atoms with E-state index >= 15 is 0 Å². The van der Waals surface area contributed by atoms with Gasteiger partial charge in [0.15, 0.2) is 0 Å². The van der Waals surface area contributed by atoms with Gasteiger partial charge in [0.1, 0.15) is 5.75 Å². The molecule has 0 radical (unpaired) electrons. The second-order valence-electron chi connectivity index (χ2n) is 5.14. The molecule has 0 aliphatic heterocycles. The molecule has 0 amide bonds. The van der Waals surface area contributed by atoms with Gasteiger partial charge in [0, 0.05) is 27.8 Å². The van der Waals surface area contributed by atoms with Crippen molar-refractivity contribution in [2.45, 2.75) is 21.3 Å². The second kappa shape index (κ2) is 9.07. The van der Waals surface area contributed by atoms with Gasteiger partial charge >= 0.3 is 0 Å². The Hall–Kier alpha value is -0.890. The van der Waals surface area contributed by atoms with Gasteiger partial charge in [0.25, 0.3) is 10.1 Å². The Kier molecular flexibility index (Phi) is 7.53. The molecule has 0 aromatic heterocycles. The summed E-state index contributed by atoms with van der Waals surface area (Å²) in [5.41, 5.74) is 0.338. The van der Waals surface area contributed by atoms with Crippen molar-refractivity contribution in [3.05, 3.63) is 57.6 Å². The molecule has 0 unspecified atom stereocenters. The van der Waals surface area contributed by atoms with E-state index < -0.39 is 25.7 Å². The lowest BCUT2D eigenvalue weighted by Gasteiger charge is -2.10. The van der Waals surface area contributed by atoms with Gasteiger partial charge in [-0.25, -0.2) is 13.7 Å². The van der Waals surface area contributed by atoms with Crippen LogP contribution in [0.5, 0.6) is 0 Å². The zero-order valence-electron chi connectivity index (χ0n) is 13.2. The van der Waals surface area contributed by atoms with E-state index in [1.807, 2.05) is 0 Å². The third-order valence-corrected chi connectivity index (χ3v) is 7.03. The Labute approximate surface area is 169 Å². The van der Waals surface area contributed by atoms with Gasteiger partial charge in [-0.1, -0.05) is 28.2 Å². The van der Waals surface area contributed by atoms with E-state index in [4.69, 9.17) is 33.0 Å². The van der Waals surface area contributed by atoms with Crippen molar-refractivity contribution in [1.82, 2.24) is 0 Å². The third kappa shape index (κ3) is 6.04. The highest BCUT2D eigenvalue weighted by Crippen LogP contribution is 2.30. The van der Waals surface area contributed by atoms with E-state index in [1.165, 1.54) is 30.3 Å². The topological polar surface area (TPSA) is 127 Å². The number of rotatable bonds is 8. The lowest BCUT2D eigenvalue weighted by Crippen LogP contribution is -2.06. The van der Waals surface area contributed by atoms with Crippen LogP contribution in [0.25, 0.3) is 0 Å². The first-order valence-electron chi connectivity index (χ1n) is 6.91. The lowest BCUT2D eigenvalue weighted by molar-refractivity contribution is -0.432. The van der Waals surface area contributed by atoms with Crippen LogP contribution in [0.3, 0.4) is 0 Å². The van der Waals surface area contributed by atoms with Crippen molar-refractivity contribution in [2.75, 3.05) is 0 Å². The number of hydrogen-bond acceptors (Lipinski definition) is 8. The minimum absolute atomic E-state index is 0.000854. The molecule has 2 aromatic carbocycles. The Bertz CT molecular complexity index is 1040. The molecule has 0 fully saturated rings. The maximum absolute atomic E-state index is 12.9. The minimum Gasteiger partial charge on any atom is -0.285 e. The quantitative estimate of drug-likeness (QED) is 0.193. The summed E-state index contributed by atoms with van der Waals surface area (Å²) in [6.07, 6.45) is 0. The van der Waals surface area contributed by atoms with Gasteiger partial charge in [0.2, 0.25) is 9.84 Å². The summed E-state index contributed by atoms with van der Waals surface area (Å²) in [5, 5.41) is 11.9. The average molecular weight is 475 g/mol. The van der Waals surface area contributed by atoms with E-state index in [-0.39, 0.29) is 31.2 Å². The van der Waals surface area contributed by atoms with Gasteiger partial charge in [-0.05, 0) is 47.5 Å². The van der Waals surface area contributed by atoms with Crippen molar-refractivity contribution in [1.29, 1.82) is 0 Å². The standard InChI is InChI=1S/C14H12Cl2O8S3/c15-13-3-1-11(5-9(13)7-25-24-23-17)27(21,22)12-2-4-14(16)10(6-12)8-26(18,19)20/h1-6,17H,7-8H2,(H,18,19,20). The first kappa shape index (κ1) is 22.4. The van der Waals surface area contributed by atoms with Crippen molar-refractivity contribution in [3.8, 4) is 0 Å². The van der Waals surface area contributed by atoms with E-state index in [0.717, 1.165) is 6.07 Å². The predicted molar refractivity (Wildman–Crippen MR) is 99.7 cm³/mol. The zero-order chi connectivity index (χ0) is 20.2. The molecule has 0 saturated heterocycles. The van der Waals surface area contributed by atoms with Crippen LogP contribution in [-0.4, -0.2) is 26.6 Å². The number of halogens is 2. The van der Waals surface area contributed by atoms with Gasteiger partial charge in [-0.15, -0.1) is 4.33 Å². The normalized spacial score (nSPS) is 12.3. The summed E-state index contributed by atoms with van der Waals surface area (Å²) in [6, 6.07) is 7.50. The van der Waals surface area contributed by atoms with E-state index in [1.54, 1.807) is 0 Å². The molecular weight excluding hydrogens is 463 g/mol. The molecule has 148 valence electrons. The first-order valence-corrected chi connectivity index (χ1v) is 11.7. The van der Waals surface area contributed by atoms with Crippen LogP contribution in [0.4, 0.5) is 0 Å². The van der Waals surface area contributed by atoms with Crippen LogP contribution in [0, 0.1) is 0 Å². The van der Waals surface area contributed by atoms with Crippen molar-refractivity contribution >= 4 is 55.2 Å². The van der Waals surface area contributed by atoms with Crippen molar-refractivity contribution in [2.24, 2.45) is 0 Å². The molecule has 0 atom stereocenters. The molecule has 0 aliphatic carbocycles. The van der Waals surface area contributed by atoms with Crippen LogP contribution < -0.4 is 0 Å². The Morgan fingerprint density at radius 3 is 1.96 bits per heavy atom. The molecule has 2 rings (SSSR count). The van der Waals surface area contributed by atoms with Gasteiger partial charge in [-0.2, -0.15) is 8.42 Å². The second-order valence-corrected chi connectivity index (χ2v) is 10.0. The fourth-order valence-corrected chi connectivity index (χ4v) is 5.08. The van der Waals surface area contributed by atoms with Crippen molar-refractivity contribution < 1.29 is 36.0 Å². The summed E-state index contributed by atoms with van der Waals surface area (Å²) < 4.78 is 61.1. The Balaban J connectivity index is 2.44. The lowest BCUT2D eigenvalue weighted by atomic mass is 10.2. The molecule has 2 aromatic rings. The third-order valence-electron chi connectivity index (χ3n) is 3.29. The zero-order valence-corrected chi connectivity index (χ0v) is 17.2. The molecule has 0 saturated carbocycles. The summed E-state index contributed by atoms with van der Waals surface area (Å²) in [7, 11) is -8.43. The first-order chi connectivity index (χ1) is 12.5. The number of sulfone groups is 1. The molecule has 27 heavy (non-hydrogen) atoms. The summed E-state index contributed by atoms with van der Waals surface area (Å²) in [5.74, 6) is -0.742. The van der Waals surface area contributed by atoms with Crippen LogP contribution in [-0.2, 0) is 40.8 Å². The molecule has 13 heteroatoms. The molecule has 0 bridgehead atoms. The number of hydrogen-bond donors (Lipinski definition) is 2. The van der Waals surface area contributed by atoms with E-state index in [9.17, 15) is 16.8 Å². The molecule has 0 heterocycles. The fraction of sp³-hybridized carbons (Fsp3) is 0.143. The summed E-state index contributed by atoms with van der Waals surface area (Å²) >= 11 is 12.6. The summed E-state index contributed by atoms with van der Waals surface area (Å²) in [6.45, 7) is 0. The van der Waals surface area contributed by atoms with Crippen molar-refractivity contribution in [3.63, 3.8) is 0 Å². The SMILES string of the molecule is O=S(=O)(O)Cc1cc(S(=O)(=O)c2ccc(Cl)c(CSOOO)c2)ccc1Cl. The summed E-state index contributed by atoms with van der Waals surface area (Å²) in [4.78, 5) is -0.311. The highest BCUT2D eigenvalue weighted by Gasteiger charge is 2.21. The van der Waals surface area contributed by atoms with Crippen LogP contribution in [0.15, 0.2) is 46.2 Å². The molecular formula is C14H12Cl2O8S3. The molecule has 0 spiro atoms. The molecule has 2 N–H and O–H groups in total. The predicted octanol–water partition coefficient (Wildman–Crippen LogP) is 3.78. The maximum Gasteiger partial charge on any atom is 0.269 e. The van der Waals surface area contributed by atoms with E-state index in [0.29, 0.717) is 17.6 Å². The van der Waals surface area contributed by atoms with Gasteiger partial charge in [0.05, 0.1) is 9.79 Å². The van der Waals surface area contributed by atoms with Crippen LogP contribution in [0.1, 0.15) is 11.1 Å². The Morgan fingerprint density at radius 2 is 1.44 bits per heavy atom. The van der Waals surface area contributed by atoms with E-state index in [2.05, 4.69) is 9.37 Å². The number of benzene rings is 2. The smallest absolute Gasteiger partial charge is 0.269 e. The van der Waals surface area contributed by atoms with Gasteiger partial charge in [-0.3, -0.25) is 4.55 Å². The Morgan fingerprint density at radius 1 is 0.926 bits per heavy atom. The monoisotopic (exact) mass is 474 g/mol. The van der Waals surface area contributed by atoms with Crippen LogP contribution >= 0.6 is 35.2 Å². The highest BCUT2D eigenvalue weighted by molar-refractivity contribution is 7.93. The molecule has 0 aliphatic rings. The largest absolute Gasteiger partial charge is 0.285 e. The maximum atomic E-state index is 12.9.